The number of nitrogens with zero attached hydrogens (tertiary/aromatic N) is 3. The highest BCUT2D eigenvalue weighted by Crippen LogP contribution is 2.27. The van der Waals surface area contributed by atoms with Crippen LogP contribution in [0.2, 0.25) is 10.0 Å². The Kier molecular flexibility index (Phi) is 6.13. The van der Waals surface area contributed by atoms with Crippen LogP contribution in [-0.2, 0) is 11.3 Å². The van der Waals surface area contributed by atoms with Gasteiger partial charge in [-0.1, -0.05) is 34.4 Å². The summed E-state index contributed by atoms with van der Waals surface area (Å²) in [5, 5.41) is 6.74. The van der Waals surface area contributed by atoms with E-state index in [0.717, 1.165) is 4.88 Å². The third-order valence-corrected chi connectivity index (χ3v) is 4.91. The number of thiophene rings is 1. The number of carbonyl (C=O) groups excluding carboxylic acids is 1. The molecule has 0 bridgehead atoms. The first-order valence-electron chi connectivity index (χ1n) is 7.79. The first-order chi connectivity index (χ1) is 12.6. The second kappa shape index (κ2) is 8.53. The molecule has 2 heterocycles. The van der Waals surface area contributed by atoms with E-state index in [1.165, 1.54) is 11.3 Å². The second-order valence-electron chi connectivity index (χ2n) is 5.26. The van der Waals surface area contributed by atoms with Crippen LogP contribution in [0.25, 0.3) is 10.7 Å². The monoisotopic (exact) mass is 411 g/mol. The van der Waals surface area contributed by atoms with Gasteiger partial charge in [0.25, 0.3) is 5.91 Å². The summed E-state index contributed by atoms with van der Waals surface area (Å²) in [4.78, 5) is 19.2. The molecule has 0 unspecified atom stereocenters. The Bertz CT molecular complexity index is 883. The van der Waals surface area contributed by atoms with E-state index in [4.69, 9.17) is 32.5 Å². The topological polar surface area (TPSA) is 68.5 Å². The lowest BCUT2D eigenvalue weighted by Crippen LogP contribution is -2.34. The van der Waals surface area contributed by atoms with Gasteiger partial charge in [0.15, 0.2) is 6.61 Å². The van der Waals surface area contributed by atoms with Crippen molar-refractivity contribution in [2.24, 2.45) is 0 Å². The molecule has 0 atom stereocenters. The summed E-state index contributed by atoms with van der Waals surface area (Å²) in [6, 6.07) is 8.66. The van der Waals surface area contributed by atoms with E-state index < -0.39 is 0 Å². The molecule has 9 heteroatoms. The van der Waals surface area contributed by atoms with E-state index in [1.807, 2.05) is 24.4 Å². The lowest BCUT2D eigenvalue weighted by Gasteiger charge is -2.19. The van der Waals surface area contributed by atoms with E-state index in [2.05, 4.69) is 10.1 Å². The zero-order valence-electron chi connectivity index (χ0n) is 13.8. The van der Waals surface area contributed by atoms with Crippen molar-refractivity contribution >= 4 is 40.4 Å². The third-order valence-electron chi connectivity index (χ3n) is 3.52. The number of aromatic nitrogens is 2. The average molecular weight is 412 g/mol. The largest absolute Gasteiger partial charge is 0.482 e. The van der Waals surface area contributed by atoms with Gasteiger partial charge in [-0.05, 0) is 36.6 Å². The van der Waals surface area contributed by atoms with E-state index in [1.54, 1.807) is 23.1 Å². The second-order valence-corrected chi connectivity index (χ2v) is 7.05. The molecular formula is C17H15Cl2N3O3S. The molecule has 6 nitrogen and oxygen atoms in total. The zero-order valence-corrected chi connectivity index (χ0v) is 16.1. The van der Waals surface area contributed by atoms with Crippen LogP contribution >= 0.6 is 34.5 Å². The fourth-order valence-corrected chi connectivity index (χ4v) is 3.30. The third kappa shape index (κ3) is 4.55. The molecule has 0 saturated carbocycles. The van der Waals surface area contributed by atoms with E-state index in [0.29, 0.717) is 34.1 Å². The van der Waals surface area contributed by atoms with Crippen molar-refractivity contribution in [1.82, 2.24) is 15.0 Å². The van der Waals surface area contributed by atoms with Gasteiger partial charge in [0.05, 0.1) is 9.90 Å². The Labute approximate surface area is 164 Å². The van der Waals surface area contributed by atoms with Crippen molar-refractivity contribution in [2.45, 2.75) is 13.5 Å². The number of carbonyl (C=O) groups is 1. The quantitative estimate of drug-likeness (QED) is 0.570. The molecule has 1 aromatic carbocycles. The number of ether oxygens (including phenoxy) is 1. The predicted octanol–water partition coefficient (Wildman–Crippen LogP) is 4.53. The van der Waals surface area contributed by atoms with E-state index >= 15 is 0 Å². The Morgan fingerprint density at radius 3 is 2.88 bits per heavy atom. The molecule has 2 aromatic heterocycles. The number of amides is 1. The van der Waals surface area contributed by atoms with Gasteiger partial charge < -0.3 is 14.2 Å². The molecule has 3 aromatic rings. The molecule has 0 spiro atoms. The van der Waals surface area contributed by atoms with Crippen molar-refractivity contribution in [1.29, 1.82) is 0 Å². The zero-order chi connectivity index (χ0) is 18.5. The van der Waals surface area contributed by atoms with E-state index in [-0.39, 0.29) is 19.1 Å². The molecule has 0 saturated heterocycles. The normalized spacial score (nSPS) is 10.7. The fraction of sp³-hybridized carbons (Fsp3) is 0.235. The summed E-state index contributed by atoms with van der Waals surface area (Å²) in [6.45, 7) is 2.41. The summed E-state index contributed by atoms with van der Waals surface area (Å²) < 4.78 is 10.7. The number of benzene rings is 1. The highest BCUT2D eigenvalue weighted by Gasteiger charge is 2.18. The molecule has 0 aliphatic rings. The average Bonchev–Trinajstić information content (AvgIpc) is 3.30. The van der Waals surface area contributed by atoms with Gasteiger partial charge in [0.2, 0.25) is 11.7 Å². The van der Waals surface area contributed by atoms with Crippen LogP contribution in [0.4, 0.5) is 0 Å². The lowest BCUT2D eigenvalue weighted by atomic mass is 10.3. The SMILES string of the molecule is CCN(Cc1nc(-c2cccs2)no1)C(=O)COc1ccc(Cl)cc1Cl. The molecule has 136 valence electrons. The summed E-state index contributed by atoms with van der Waals surface area (Å²) in [5.41, 5.74) is 0. The highest BCUT2D eigenvalue weighted by atomic mass is 35.5. The molecule has 26 heavy (non-hydrogen) atoms. The van der Waals surface area contributed by atoms with Crippen LogP contribution in [0.5, 0.6) is 5.75 Å². The predicted molar refractivity (Wildman–Crippen MR) is 101 cm³/mol. The molecule has 0 radical (unpaired) electrons. The minimum atomic E-state index is -0.214. The highest BCUT2D eigenvalue weighted by molar-refractivity contribution is 7.13. The maximum absolute atomic E-state index is 12.4. The van der Waals surface area contributed by atoms with Gasteiger partial charge in [-0.15, -0.1) is 11.3 Å². The molecule has 0 aliphatic carbocycles. The summed E-state index contributed by atoms with van der Waals surface area (Å²) >= 11 is 13.4. The van der Waals surface area contributed by atoms with Gasteiger partial charge in [0.1, 0.15) is 12.3 Å². The van der Waals surface area contributed by atoms with Crippen molar-refractivity contribution in [3.63, 3.8) is 0 Å². The first kappa shape index (κ1) is 18.7. The van der Waals surface area contributed by atoms with E-state index in [9.17, 15) is 4.79 Å². The van der Waals surface area contributed by atoms with Gasteiger partial charge >= 0.3 is 0 Å². The molecule has 0 fully saturated rings. The number of hydrogen-bond donors (Lipinski definition) is 0. The lowest BCUT2D eigenvalue weighted by molar-refractivity contribution is -0.134. The summed E-state index contributed by atoms with van der Waals surface area (Å²) in [6.07, 6.45) is 0. The van der Waals surface area contributed by atoms with Crippen molar-refractivity contribution in [2.75, 3.05) is 13.2 Å². The van der Waals surface area contributed by atoms with Crippen molar-refractivity contribution in [3.05, 3.63) is 51.6 Å². The molecule has 3 rings (SSSR count). The molecule has 1 amide bonds. The van der Waals surface area contributed by atoms with Crippen molar-refractivity contribution < 1.29 is 14.1 Å². The van der Waals surface area contributed by atoms with Crippen LogP contribution in [0.15, 0.2) is 40.2 Å². The van der Waals surface area contributed by atoms with Crippen LogP contribution in [0.1, 0.15) is 12.8 Å². The van der Waals surface area contributed by atoms with Gasteiger partial charge in [-0.3, -0.25) is 4.79 Å². The summed E-state index contributed by atoms with van der Waals surface area (Å²) in [7, 11) is 0. The van der Waals surface area contributed by atoms with Crippen LogP contribution in [0.3, 0.4) is 0 Å². The Morgan fingerprint density at radius 2 is 2.19 bits per heavy atom. The van der Waals surface area contributed by atoms with Crippen LogP contribution in [-0.4, -0.2) is 34.1 Å². The maximum atomic E-state index is 12.4. The summed E-state index contributed by atoms with van der Waals surface area (Å²) in [5.74, 6) is 1.07. The van der Waals surface area contributed by atoms with Gasteiger partial charge in [-0.2, -0.15) is 4.98 Å². The first-order valence-corrected chi connectivity index (χ1v) is 9.42. The fourth-order valence-electron chi connectivity index (χ4n) is 2.19. The Hall–Kier alpha value is -2.09. The Balaban J connectivity index is 1.60. The number of hydrogen-bond acceptors (Lipinski definition) is 6. The van der Waals surface area contributed by atoms with Gasteiger partial charge in [-0.25, -0.2) is 0 Å². The smallest absolute Gasteiger partial charge is 0.260 e. The minimum absolute atomic E-state index is 0.152. The number of likely N-dealkylation sites (N-methyl/N-ethyl adjacent to an activating group) is 1. The maximum Gasteiger partial charge on any atom is 0.260 e. The van der Waals surface area contributed by atoms with Gasteiger partial charge in [0, 0.05) is 11.6 Å². The van der Waals surface area contributed by atoms with Crippen LogP contribution < -0.4 is 4.74 Å². The Morgan fingerprint density at radius 1 is 1.35 bits per heavy atom. The number of halogens is 2. The molecule has 0 N–H and O–H groups in total. The standard InChI is InChI=1S/C17H15Cl2N3O3S/c1-2-22(9-15-20-17(21-25-15)14-4-3-7-26-14)16(23)10-24-13-6-5-11(18)8-12(13)19/h3-8H,2,9-10H2,1H3. The number of rotatable bonds is 7. The minimum Gasteiger partial charge on any atom is -0.482 e. The van der Waals surface area contributed by atoms with Crippen molar-refractivity contribution in [3.8, 4) is 16.5 Å². The molecule has 0 aliphatic heterocycles. The van der Waals surface area contributed by atoms with Crippen LogP contribution in [0, 0.1) is 0 Å². The molecular weight excluding hydrogens is 397 g/mol.